The predicted molar refractivity (Wildman–Crippen MR) is 129 cm³/mol. The average Bonchev–Trinajstić information content (AvgIpc) is 3.61. The van der Waals surface area contributed by atoms with Crippen LogP contribution in [-0.2, 0) is 31.9 Å². The first-order valence-corrected chi connectivity index (χ1v) is 12.9. The molecule has 3 fully saturated rings. The maximum atomic E-state index is 12.8. The number of benzene rings is 1. The lowest BCUT2D eigenvalue weighted by Crippen LogP contribution is -2.39. The third-order valence-electron chi connectivity index (χ3n) is 6.61. The van der Waals surface area contributed by atoms with Gasteiger partial charge in [-0.2, -0.15) is 0 Å². The summed E-state index contributed by atoms with van der Waals surface area (Å²) in [6.07, 6.45) is 5.47. The molecule has 0 bridgehead atoms. The van der Waals surface area contributed by atoms with E-state index in [4.69, 9.17) is 9.47 Å². The molecule has 2 amide bonds. The van der Waals surface area contributed by atoms with Gasteiger partial charge in [-0.05, 0) is 43.4 Å². The van der Waals surface area contributed by atoms with E-state index in [2.05, 4.69) is 20.8 Å². The fourth-order valence-corrected chi connectivity index (χ4v) is 5.49. The van der Waals surface area contributed by atoms with Crippen LogP contribution in [0.3, 0.4) is 0 Å². The minimum Gasteiger partial charge on any atom is -0.378 e. The van der Waals surface area contributed by atoms with Crippen molar-refractivity contribution in [3.05, 3.63) is 34.8 Å². The zero-order chi connectivity index (χ0) is 23.3. The number of nitrogens with one attached hydrogen (secondary N) is 2. The van der Waals surface area contributed by atoms with E-state index in [0.717, 1.165) is 69.1 Å². The van der Waals surface area contributed by atoms with Gasteiger partial charge >= 0.3 is 0 Å². The molecule has 4 heterocycles. The van der Waals surface area contributed by atoms with Gasteiger partial charge in [-0.15, -0.1) is 10.2 Å². The third-order valence-corrected chi connectivity index (χ3v) is 7.51. The Bertz CT molecular complexity index is 986. The Morgan fingerprint density at radius 1 is 1.18 bits per heavy atom. The highest BCUT2D eigenvalue weighted by Crippen LogP contribution is 2.28. The largest absolute Gasteiger partial charge is 0.378 e. The Morgan fingerprint density at radius 2 is 2.03 bits per heavy atom. The van der Waals surface area contributed by atoms with Crippen molar-refractivity contribution in [3.8, 4) is 0 Å². The molecular formula is C24H31N5O4S. The van der Waals surface area contributed by atoms with Gasteiger partial charge in [0, 0.05) is 44.8 Å². The van der Waals surface area contributed by atoms with Crippen LogP contribution in [0.2, 0.25) is 0 Å². The van der Waals surface area contributed by atoms with Crippen LogP contribution >= 0.6 is 11.3 Å². The summed E-state index contributed by atoms with van der Waals surface area (Å²) in [6, 6.07) is 7.98. The Balaban J connectivity index is 1.12. The van der Waals surface area contributed by atoms with Gasteiger partial charge in [-0.25, -0.2) is 0 Å². The van der Waals surface area contributed by atoms with Gasteiger partial charge in [-0.3, -0.25) is 9.59 Å². The summed E-state index contributed by atoms with van der Waals surface area (Å²) in [7, 11) is 0. The van der Waals surface area contributed by atoms with Gasteiger partial charge in [-0.1, -0.05) is 23.5 Å². The van der Waals surface area contributed by atoms with Crippen LogP contribution in [0.1, 0.15) is 36.3 Å². The molecule has 34 heavy (non-hydrogen) atoms. The van der Waals surface area contributed by atoms with Crippen molar-refractivity contribution in [1.82, 2.24) is 15.5 Å². The summed E-state index contributed by atoms with van der Waals surface area (Å²) < 4.78 is 11.4. The average molecular weight is 486 g/mol. The second-order valence-electron chi connectivity index (χ2n) is 9.14. The highest BCUT2D eigenvalue weighted by Gasteiger charge is 2.35. The molecule has 2 N–H and O–H groups in total. The first kappa shape index (κ1) is 23.3. The van der Waals surface area contributed by atoms with E-state index in [9.17, 15) is 9.59 Å². The molecule has 10 heteroatoms. The molecule has 0 radical (unpaired) electrons. The number of amides is 2. The molecule has 0 spiro atoms. The molecule has 3 aliphatic rings. The van der Waals surface area contributed by atoms with Crippen molar-refractivity contribution in [2.75, 3.05) is 43.1 Å². The molecule has 9 nitrogen and oxygen atoms in total. The number of carbonyl (C=O) groups is 2. The second kappa shape index (κ2) is 10.9. The van der Waals surface area contributed by atoms with Crippen molar-refractivity contribution < 1.29 is 19.1 Å². The van der Waals surface area contributed by atoms with Gasteiger partial charge in [0.15, 0.2) is 0 Å². The van der Waals surface area contributed by atoms with E-state index in [1.807, 2.05) is 24.3 Å². The fourth-order valence-electron chi connectivity index (χ4n) is 4.73. The Kier molecular flexibility index (Phi) is 7.48. The van der Waals surface area contributed by atoms with E-state index in [-0.39, 0.29) is 24.3 Å². The third kappa shape index (κ3) is 5.80. The second-order valence-corrected chi connectivity index (χ2v) is 10.2. The number of anilines is 2. The molecule has 0 aliphatic carbocycles. The van der Waals surface area contributed by atoms with Crippen molar-refractivity contribution >= 4 is 34.0 Å². The number of aryl methyl sites for hydroxylation is 1. The molecule has 3 saturated heterocycles. The summed E-state index contributed by atoms with van der Waals surface area (Å²) in [5.41, 5.74) is 1.99. The smallest absolute Gasteiger partial charge is 0.231 e. The lowest BCUT2D eigenvalue weighted by Gasteiger charge is -2.24. The van der Waals surface area contributed by atoms with E-state index >= 15 is 0 Å². The van der Waals surface area contributed by atoms with Gasteiger partial charge in [0.05, 0.1) is 24.7 Å². The molecule has 3 atom stereocenters. The predicted octanol–water partition coefficient (Wildman–Crippen LogP) is 2.17. The zero-order valence-electron chi connectivity index (χ0n) is 19.2. The van der Waals surface area contributed by atoms with Gasteiger partial charge in [0.1, 0.15) is 5.01 Å². The van der Waals surface area contributed by atoms with Gasteiger partial charge in [0.2, 0.25) is 16.9 Å². The SMILES string of the molecule is O=C(Nc1nnc(CCC2CCCO2)s1)[C@H]1CC(=O)N(c2ccc(CC3CNCCO3)cc2)C1. The normalized spacial score (nSPS) is 25.1. The summed E-state index contributed by atoms with van der Waals surface area (Å²) in [6.45, 7) is 3.70. The number of hydrogen-bond donors (Lipinski definition) is 2. The summed E-state index contributed by atoms with van der Waals surface area (Å²) in [5, 5.41) is 15.9. The number of rotatable bonds is 8. The maximum absolute atomic E-state index is 12.8. The molecule has 182 valence electrons. The Morgan fingerprint density at radius 3 is 2.79 bits per heavy atom. The summed E-state index contributed by atoms with van der Waals surface area (Å²) in [5.74, 6) is -0.633. The van der Waals surface area contributed by atoms with Crippen molar-refractivity contribution in [2.45, 2.75) is 50.7 Å². The van der Waals surface area contributed by atoms with Crippen molar-refractivity contribution in [3.63, 3.8) is 0 Å². The van der Waals surface area contributed by atoms with Crippen LogP contribution in [0.15, 0.2) is 24.3 Å². The number of nitrogens with zero attached hydrogens (tertiary/aromatic N) is 3. The monoisotopic (exact) mass is 485 g/mol. The number of carbonyl (C=O) groups excluding carboxylic acids is 2. The van der Waals surface area contributed by atoms with E-state index in [0.29, 0.717) is 17.8 Å². The molecule has 0 saturated carbocycles. The van der Waals surface area contributed by atoms with Crippen LogP contribution < -0.4 is 15.5 Å². The molecular weight excluding hydrogens is 454 g/mol. The summed E-state index contributed by atoms with van der Waals surface area (Å²) in [4.78, 5) is 27.1. The first-order chi connectivity index (χ1) is 16.6. The van der Waals surface area contributed by atoms with Crippen LogP contribution in [0, 0.1) is 5.92 Å². The van der Waals surface area contributed by atoms with Crippen LogP contribution in [0.4, 0.5) is 10.8 Å². The number of hydrogen-bond acceptors (Lipinski definition) is 8. The summed E-state index contributed by atoms with van der Waals surface area (Å²) >= 11 is 1.39. The van der Waals surface area contributed by atoms with Crippen LogP contribution in [-0.4, -0.2) is 67.1 Å². The van der Waals surface area contributed by atoms with E-state index < -0.39 is 5.92 Å². The van der Waals surface area contributed by atoms with E-state index in [1.54, 1.807) is 4.90 Å². The highest BCUT2D eigenvalue weighted by atomic mass is 32.1. The standard InChI is InChI=1S/C24H31N5O4S/c30-22-13-17(23(31)26-24-28-27-21(34-24)8-7-19-2-1-10-32-19)15-29(22)18-5-3-16(4-6-18)12-20-14-25-9-11-33-20/h3-6,17,19-20,25H,1-2,7-15H2,(H,26,28,31)/t17-,19?,20?/m0/s1. The minimum atomic E-state index is -0.409. The maximum Gasteiger partial charge on any atom is 0.231 e. The number of morpholine rings is 1. The molecule has 1 aromatic heterocycles. The van der Waals surface area contributed by atoms with Crippen molar-refractivity contribution in [1.29, 1.82) is 0 Å². The lowest BCUT2D eigenvalue weighted by atomic mass is 10.1. The topological polar surface area (TPSA) is 106 Å². The van der Waals surface area contributed by atoms with Gasteiger partial charge < -0.3 is 25.0 Å². The molecule has 2 aromatic rings. The van der Waals surface area contributed by atoms with Crippen molar-refractivity contribution in [2.24, 2.45) is 5.92 Å². The van der Waals surface area contributed by atoms with Gasteiger partial charge in [0.25, 0.3) is 0 Å². The quantitative estimate of drug-likeness (QED) is 0.590. The number of ether oxygens (including phenoxy) is 2. The Labute approximate surface area is 203 Å². The Hall–Kier alpha value is -2.40. The first-order valence-electron chi connectivity index (χ1n) is 12.1. The minimum absolute atomic E-state index is 0.0396. The molecule has 1 aromatic carbocycles. The fraction of sp³-hybridized carbons (Fsp3) is 0.583. The van der Waals surface area contributed by atoms with Crippen LogP contribution in [0.5, 0.6) is 0 Å². The zero-order valence-corrected chi connectivity index (χ0v) is 20.0. The number of aromatic nitrogens is 2. The molecule has 3 aliphatic heterocycles. The lowest BCUT2D eigenvalue weighted by molar-refractivity contribution is -0.122. The molecule has 5 rings (SSSR count). The molecule has 2 unspecified atom stereocenters. The highest BCUT2D eigenvalue weighted by molar-refractivity contribution is 7.15. The van der Waals surface area contributed by atoms with Crippen LogP contribution in [0.25, 0.3) is 0 Å². The van der Waals surface area contributed by atoms with E-state index in [1.165, 1.54) is 16.9 Å².